The second-order valence-electron chi connectivity index (χ2n) is 6.54. The predicted molar refractivity (Wildman–Crippen MR) is 110 cm³/mol. The molecule has 3 aromatic rings. The number of esters is 1. The number of hydrogen-bond acceptors (Lipinski definition) is 4. The maximum Gasteiger partial charge on any atom is 0.338 e. The number of rotatable bonds is 8. The van der Waals surface area contributed by atoms with Crippen molar-refractivity contribution in [1.29, 1.82) is 0 Å². The molecule has 3 aromatic carbocycles. The number of hydrogen-bond donors (Lipinski definition) is 1. The molecule has 3 rings (SSSR count). The van der Waals surface area contributed by atoms with Crippen LogP contribution in [0, 0.1) is 0 Å². The Morgan fingerprint density at radius 3 is 2.10 bits per heavy atom. The average Bonchev–Trinajstić information content (AvgIpc) is 2.78. The van der Waals surface area contributed by atoms with Crippen LogP contribution in [0.25, 0.3) is 0 Å². The number of aldehydes is 1. The summed E-state index contributed by atoms with van der Waals surface area (Å²) in [4.78, 5) is 35.2. The van der Waals surface area contributed by atoms with Gasteiger partial charge in [0, 0.05) is 5.56 Å². The molecule has 0 heterocycles. The third kappa shape index (κ3) is 5.87. The molecule has 0 aliphatic carbocycles. The van der Waals surface area contributed by atoms with Crippen molar-refractivity contribution < 1.29 is 19.1 Å². The van der Waals surface area contributed by atoms with E-state index in [1.165, 1.54) is 24.3 Å². The maximum atomic E-state index is 12.4. The lowest BCUT2D eigenvalue weighted by atomic mass is 9.99. The van der Waals surface area contributed by atoms with E-state index in [1.807, 2.05) is 60.7 Å². The van der Waals surface area contributed by atoms with E-state index in [-0.39, 0.29) is 24.1 Å². The highest BCUT2D eigenvalue weighted by Crippen LogP contribution is 2.18. The van der Waals surface area contributed by atoms with Crippen molar-refractivity contribution in [3.05, 3.63) is 107 Å². The van der Waals surface area contributed by atoms with Crippen LogP contribution in [0.5, 0.6) is 0 Å². The summed E-state index contributed by atoms with van der Waals surface area (Å²) < 4.78 is 5.11. The lowest BCUT2D eigenvalue weighted by molar-refractivity contribution is -0.125. The summed E-state index contributed by atoms with van der Waals surface area (Å²) >= 11 is 0. The van der Waals surface area contributed by atoms with Gasteiger partial charge in [-0.3, -0.25) is 9.59 Å². The molecule has 146 valence electrons. The SMILES string of the molecule is O=Cc1ccc(C(=O)OCC(=O)NC(Cc2ccccc2)c2ccccc2)cc1. The molecule has 1 unspecified atom stereocenters. The number of carbonyl (C=O) groups is 3. The van der Waals surface area contributed by atoms with Crippen LogP contribution in [-0.2, 0) is 16.0 Å². The van der Waals surface area contributed by atoms with E-state index in [4.69, 9.17) is 4.74 Å². The normalized spacial score (nSPS) is 11.3. The quantitative estimate of drug-likeness (QED) is 0.472. The van der Waals surface area contributed by atoms with Crippen LogP contribution in [0.4, 0.5) is 0 Å². The average molecular weight is 387 g/mol. The minimum Gasteiger partial charge on any atom is -0.452 e. The molecule has 0 aromatic heterocycles. The van der Waals surface area contributed by atoms with Gasteiger partial charge in [-0.1, -0.05) is 72.8 Å². The van der Waals surface area contributed by atoms with Gasteiger partial charge in [-0.05, 0) is 29.7 Å². The van der Waals surface area contributed by atoms with E-state index < -0.39 is 5.97 Å². The van der Waals surface area contributed by atoms with E-state index in [1.54, 1.807) is 0 Å². The minimum absolute atomic E-state index is 0.239. The van der Waals surface area contributed by atoms with Crippen molar-refractivity contribution in [2.45, 2.75) is 12.5 Å². The first-order valence-electron chi connectivity index (χ1n) is 9.26. The van der Waals surface area contributed by atoms with Gasteiger partial charge in [-0.2, -0.15) is 0 Å². The molecule has 0 aliphatic rings. The van der Waals surface area contributed by atoms with Crippen molar-refractivity contribution in [3.8, 4) is 0 Å². The molecule has 0 bridgehead atoms. The number of amides is 1. The number of benzene rings is 3. The molecule has 0 fully saturated rings. The third-order valence-corrected chi connectivity index (χ3v) is 4.44. The zero-order valence-electron chi connectivity index (χ0n) is 15.8. The Kier molecular flexibility index (Phi) is 6.90. The maximum absolute atomic E-state index is 12.4. The van der Waals surface area contributed by atoms with Gasteiger partial charge in [0.1, 0.15) is 6.29 Å². The van der Waals surface area contributed by atoms with Crippen molar-refractivity contribution in [2.75, 3.05) is 6.61 Å². The van der Waals surface area contributed by atoms with Crippen LogP contribution < -0.4 is 5.32 Å². The second-order valence-corrected chi connectivity index (χ2v) is 6.54. The molecule has 1 amide bonds. The molecule has 0 saturated heterocycles. The van der Waals surface area contributed by atoms with Crippen LogP contribution >= 0.6 is 0 Å². The molecule has 0 radical (unpaired) electrons. The van der Waals surface area contributed by atoms with Crippen LogP contribution in [-0.4, -0.2) is 24.8 Å². The Bertz CT molecular complexity index is 953. The summed E-state index contributed by atoms with van der Waals surface area (Å²) in [5.41, 5.74) is 2.81. The van der Waals surface area contributed by atoms with E-state index >= 15 is 0 Å². The number of carbonyl (C=O) groups excluding carboxylic acids is 3. The van der Waals surface area contributed by atoms with Crippen LogP contribution in [0.15, 0.2) is 84.9 Å². The zero-order valence-corrected chi connectivity index (χ0v) is 15.8. The smallest absolute Gasteiger partial charge is 0.338 e. The van der Waals surface area contributed by atoms with Gasteiger partial charge in [0.05, 0.1) is 11.6 Å². The molecule has 5 nitrogen and oxygen atoms in total. The van der Waals surface area contributed by atoms with E-state index in [0.717, 1.165) is 11.1 Å². The fourth-order valence-electron chi connectivity index (χ4n) is 2.94. The first kappa shape index (κ1) is 20.0. The number of nitrogens with one attached hydrogen (secondary N) is 1. The molecule has 29 heavy (non-hydrogen) atoms. The standard InChI is InChI=1S/C24H21NO4/c26-16-19-11-13-21(14-12-19)24(28)29-17-23(27)25-22(20-9-5-2-6-10-20)15-18-7-3-1-4-8-18/h1-14,16,22H,15,17H2,(H,25,27). The number of ether oxygens (including phenoxy) is 1. The van der Waals surface area contributed by atoms with Crippen molar-refractivity contribution >= 4 is 18.2 Å². The highest BCUT2D eigenvalue weighted by molar-refractivity contribution is 5.92. The van der Waals surface area contributed by atoms with Gasteiger partial charge in [-0.25, -0.2) is 4.79 Å². The molecule has 0 spiro atoms. The first-order valence-corrected chi connectivity index (χ1v) is 9.26. The zero-order chi connectivity index (χ0) is 20.5. The van der Waals surface area contributed by atoms with Gasteiger partial charge in [0.25, 0.3) is 5.91 Å². The Morgan fingerprint density at radius 1 is 0.862 bits per heavy atom. The fourth-order valence-corrected chi connectivity index (χ4v) is 2.94. The van der Waals surface area contributed by atoms with E-state index in [2.05, 4.69) is 5.32 Å². The molecule has 1 N–H and O–H groups in total. The Hall–Kier alpha value is -3.73. The van der Waals surface area contributed by atoms with E-state index in [9.17, 15) is 14.4 Å². The lowest BCUT2D eigenvalue weighted by Crippen LogP contribution is -2.33. The Labute approximate surface area is 169 Å². The topological polar surface area (TPSA) is 72.5 Å². The summed E-state index contributed by atoms with van der Waals surface area (Å²) in [7, 11) is 0. The van der Waals surface area contributed by atoms with Crippen molar-refractivity contribution in [2.24, 2.45) is 0 Å². The molecule has 1 atom stereocenters. The third-order valence-electron chi connectivity index (χ3n) is 4.44. The highest BCUT2D eigenvalue weighted by Gasteiger charge is 2.17. The van der Waals surface area contributed by atoms with Gasteiger partial charge in [0.2, 0.25) is 0 Å². The second kappa shape index (κ2) is 9.99. The summed E-state index contributed by atoms with van der Waals surface area (Å²) in [5, 5.41) is 2.94. The van der Waals surface area contributed by atoms with Gasteiger partial charge in [0.15, 0.2) is 6.61 Å². The van der Waals surface area contributed by atoms with Crippen molar-refractivity contribution in [1.82, 2.24) is 5.32 Å². The lowest BCUT2D eigenvalue weighted by Gasteiger charge is -2.19. The van der Waals surface area contributed by atoms with E-state index in [0.29, 0.717) is 18.3 Å². The van der Waals surface area contributed by atoms with Crippen molar-refractivity contribution in [3.63, 3.8) is 0 Å². The molecule has 0 aliphatic heterocycles. The van der Waals surface area contributed by atoms with Crippen LogP contribution in [0.2, 0.25) is 0 Å². The molecule has 5 heteroatoms. The Morgan fingerprint density at radius 2 is 1.48 bits per heavy atom. The fraction of sp³-hybridized carbons (Fsp3) is 0.125. The predicted octanol–water partition coefficient (Wildman–Crippen LogP) is 3.76. The minimum atomic E-state index is -0.614. The summed E-state index contributed by atoms with van der Waals surface area (Å²) in [5.74, 6) is -0.996. The first-order chi connectivity index (χ1) is 14.2. The van der Waals surface area contributed by atoms with Crippen LogP contribution in [0.3, 0.4) is 0 Å². The monoisotopic (exact) mass is 387 g/mol. The van der Waals surface area contributed by atoms with Gasteiger partial charge in [-0.15, -0.1) is 0 Å². The highest BCUT2D eigenvalue weighted by atomic mass is 16.5. The van der Waals surface area contributed by atoms with Gasteiger partial charge >= 0.3 is 5.97 Å². The molecular weight excluding hydrogens is 366 g/mol. The summed E-state index contributed by atoms with van der Waals surface area (Å²) in [6, 6.07) is 25.3. The Balaban J connectivity index is 1.61. The van der Waals surface area contributed by atoms with Gasteiger partial charge < -0.3 is 10.1 Å². The van der Waals surface area contributed by atoms with Crippen LogP contribution in [0.1, 0.15) is 37.9 Å². The molecular formula is C24H21NO4. The molecule has 0 saturated carbocycles. The largest absolute Gasteiger partial charge is 0.452 e. The summed E-state index contributed by atoms with van der Waals surface area (Å²) in [6.45, 7) is -0.383. The summed E-state index contributed by atoms with van der Waals surface area (Å²) in [6.07, 6.45) is 1.32.